The molecule has 7 nitrogen and oxygen atoms in total. The Morgan fingerprint density at radius 3 is 2.52 bits per heavy atom. The van der Waals surface area contributed by atoms with Gasteiger partial charge in [0.25, 0.3) is 0 Å². The first-order valence-corrected chi connectivity index (χ1v) is 12.8. The number of benzene rings is 1. The van der Waals surface area contributed by atoms with Crippen LogP contribution in [0.3, 0.4) is 0 Å². The van der Waals surface area contributed by atoms with E-state index in [4.69, 9.17) is 14.5 Å². The lowest BCUT2D eigenvalue weighted by Gasteiger charge is -2.16. The second-order valence-corrected chi connectivity index (χ2v) is 11.0. The summed E-state index contributed by atoms with van der Waals surface area (Å²) in [4.78, 5) is 20.4. The summed E-state index contributed by atoms with van der Waals surface area (Å²) >= 11 is 3.39. The van der Waals surface area contributed by atoms with Crippen LogP contribution >= 0.6 is 34.9 Å². The fourth-order valence-corrected chi connectivity index (χ4v) is 6.08. The van der Waals surface area contributed by atoms with Gasteiger partial charge in [-0.2, -0.15) is 22.0 Å². The summed E-state index contributed by atoms with van der Waals surface area (Å²) in [5, 5.41) is 8.27. The Balaban J connectivity index is 1.77. The molecule has 2 heterocycles. The van der Waals surface area contributed by atoms with E-state index >= 15 is 0 Å². The lowest BCUT2D eigenvalue weighted by atomic mass is 10.1. The van der Waals surface area contributed by atoms with Crippen LogP contribution in [0.1, 0.15) is 42.3 Å². The quantitative estimate of drug-likeness (QED) is 0.166. The third-order valence-corrected chi connectivity index (χ3v) is 8.42. The molecule has 2 aromatic heterocycles. The number of ether oxygens (including phenoxy) is 1. The Kier molecular flexibility index (Phi) is 6.36. The summed E-state index contributed by atoms with van der Waals surface area (Å²) in [6, 6.07) is 2.89. The fourth-order valence-electron chi connectivity index (χ4n) is 3.11. The number of rotatable bonds is 8. The number of aromatic amines is 1. The molecule has 1 aromatic carbocycles. The van der Waals surface area contributed by atoms with E-state index in [1.165, 1.54) is 12.1 Å². The van der Waals surface area contributed by atoms with Crippen molar-refractivity contribution in [3.05, 3.63) is 27.3 Å². The van der Waals surface area contributed by atoms with E-state index in [1.807, 2.05) is 0 Å². The van der Waals surface area contributed by atoms with Gasteiger partial charge in [0.1, 0.15) is 16.5 Å². The van der Waals surface area contributed by atoms with Crippen molar-refractivity contribution < 1.29 is 41.0 Å². The zero-order valence-corrected chi connectivity index (χ0v) is 19.8. The van der Waals surface area contributed by atoms with Gasteiger partial charge in [-0.15, -0.1) is 21.5 Å². The molecule has 4 rings (SSSR count). The SMILES string of the molecule is O=P(O)(O)C(F)(F)c1sc2c(OCCCC(F)(F)F)cc(-c3nnc(C4CC4)[nH]3)cc2c1Br. The van der Waals surface area contributed by atoms with Gasteiger partial charge in [-0.3, -0.25) is 4.57 Å². The molecule has 0 saturated heterocycles. The van der Waals surface area contributed by atoms with Crippen molar-refractivity contribution in [2.45, 2.75) is 43.4 Å². The van der Waals surface area contributed by atoms with E-state index in [1.54, 1.807) is 0 Å². The summed E-state index contributed by atoms with van der Waals surface area (Å²) in [5.41, 5.74) is -4.11. The van der Waals surface area contributed by atoms with Crippen LogP contribution in [-0.2, 0) is 10.2 Å². The molecule has 0 aliphatic heterocycles. The summed E-state index contributed by atoms with van der Waals surface area (Å²) in [5.74, 6) is 1.22. The summed E-state index contributed by atoms with van der Waals surface area (Å²) in [7, 11) is -5.85. The minimum absolute atomic E-state index is 0.00694. The Morgan fingerprint density at radius 2 is 1.91 bits per heavy atom. The highest BCUT2D eigenvalue weighted by molar-refractivity contribution is 9.10. The maximum Gasteiger partial charge on any atom is 0.400 e. The first kappa shape index (κ1) is 24.5. The molecular formula is C18H16BrF5N3O4PS. The van der Waals surface area contributed by atoms with Gasteiger partial charge in [0, 0.05) is 27.8 Å². The fraction of sp³-hybridized carbons (Fsp3) is 0.444. The number of H-pyrrole nitrogens is 1. The van der Waals surface area contributed by atoms with Crippen LogP contribution in [0.25, 0.3) is 21.5 Å². The monoisotopic (exact) mass is 575 g/mol. The molecule has 1 saturated carbocycles. The van der Waals surface area contributed by atoms with Crippen LogP contribution in [0.15, 0.2) is 16.6 Å². The summed E-state index contributed by atoms with van der Waals surface area (Å²) < 4.78 is 83.1. The Bertz CT molecular complexity index is 1240. The Labute approximate surface area is 195 Å². The van der Waals surface area contributed by atoms with E-state index in [9.17, 15) is 26.5 Å². The first-order chi connectivity index (χ1) is 15.3. The van der Waals surface area contributed by atoms with Crippen molar-refractivity contribution in [1.82, 2.24) is 15.2 Å². The molecule has 0 spiro atoms. The van der Waals surface area contributed by atoms with Gasteiger partial charge in [-0.1, -0.05) is 0 Å². The first-order valence-electron chi connectivity index (χ1n) is 9.60. The highest BCUT2D eigenvalue weighted by Crippen LogP contribution is 2.63. The smallest absolute Gasteiger partial charge is 0.400 e. The maximum absolute atomic E-state index is 14.5. The van der Waals surface area contributed by atoms with Crippen molar-refractivity contribution in [3.63, 3.8) is 0 Å². The largest absolute Gasteiger partial charge is 0.492 e. The van der Waals surface area contributed by atoms with Gasteiger partial charge in [-0.05, 0) is 47.3 Å². The van der Waals surface area contributed by atoms with Gasteiger partial charge >= 0.3 is 19.4 Å². The van der Waals surface area contributed by atoms with E-state index < -0.39 is 30.7 Å². The van der Waals surface area contributed by atoms with Crippen LogP contribution in [-0.4, -0.2) is 37.8 Å². The van der Waals surface area contributed by atoms with Crippen molar-refractivity contribution in [2.75, 3.05) is 6.61 Å². The number of fused-ring (bicyclic) bond motifs is 1. The van der Waals surface area contributed by atoms with Crippen LogP contribution in [0.4, 0.5) is 22.0 Å². The molecule has 0 radical (unpaired) electrons. The number of thiophene rings is 1. The van der Waals surface area contributed by atoms with Crippen LogP contribution in [0.2, 0.25) is 0 Å². The Hall–Kier alpha value is -1.60. The predicted octanol–water partition coefficient (Wildman–Crippen LogP) is 6.27. The second kappa shape index (κ2) is 8.56. The number of halogens is 6. The molecule has 1 aliphatic carbocycles. The molecule has 1 fully saturated rings. The molecule has 0 atom stereocenters. The molecule has 3 N–H and O–H groups in total. The van der Waals surface area contributed by atoms with Gasteiger partial charge in [-0.25, -0.2) is 0 Å². The molecule has 15 heteroatoms. The molecule has 3 aromatic rings. The maximum atomic E-state index is 14.5. The summed E-state index contributed by atoms with van der Waals surface area (Å²) in [6.07, 6.45) is -3.90. The third-order valence-electron chi connectivity index (χ3n) is 4.94. The van der Waals surface area contributed by atoms with Crippen molar-refractivity contribution in [3.8, 4) is 17.1 Å². The highest BCUT2D eigenvalue weighted by Gasteiger charge is 2.53. The molecule has 0 amide bonds. The molecule has 0 unspecified atom stereocenters. The van der Waals surface area contributed by atoms with Gasteiger partial charge in [0.15, 0.2) is 5.82 Å². The average molecular weight is 576 g/mol. The molecule has 180 valence electrons. The molecular weight excluding hydrogens is 560 g/mol. The number of hydrogen-bond acceptors (Lipinski definition) is 5. The van der Waals surface area contributed by atoms with E-state index in [0.29, 0.717) is 28.5 Å². The number of nitrogens with zero attached hydrogens (tertiary/aromatic N) is 2. The third kappa shape index (κ3) is 5.09. The lowest BCUT2D eigenvalue weighted by Crippen LogP contribution is -2.12. The average Bonchev–Trinajstić information content (AvgIpc) is 3.33. The van der Waals surface area contributed by atoms with E-state index in [-0.39, 0.29) is 39.3 Å². The van der Waals surface area contributed by atoms with E-state index in [0.717, 1.165) is 12.8 Å². The minimum Gasteiger partial charge on any atom is -0.492 e. The van der Waals surface area contributed by atoms with Crippen LogP contribution in [0, 0.1) is 0 Å². The topological polar surface area (TPSA) is 108 Å². The van der Waals surface area contributed by atoms with Crippen molar-refractivity contribution in [2.24, 2.45) is 0 Å². The van der Waals surface area contributed by atoms with Crippen LogP contribution in [0.5, 0.6) is 5.75 Å². The van der Waals surface area contributed by atoms with Gasteiger partial charge < -0.3 is 19.5 Å². The summed E-state index contributed by atoms with van der Waals surface area (Å²) in [6.45, 7) is -0.346. The normalized spacial score (nSPS) is 15.4. The lowest BCUT2D eigenvalue weighted by molar-refractivity contribution is -0.136. The standard InChI is InChI=1S/C18H16BrF5N3O4PS/c19-12-10-6-9(16-25-15(26-27-16)8-2-3-8)7-11(31-5-1-4-17(20,21)22)13(10)33-14(12)18(23,24)32(28,29)30/h6-8H,1-5H2,(H,25,26,27)(H2,28,29,30). The van der Waals surface area contributed by atoms with Crippen LogP contribution < -0.4 is 4.74 Å². The number of aromatic nitrogens is 3. The van der Waals surface area contributed by atoms with E-state index in [2.05, 4.69) is 31.1 Å². The Morgan fingerprint density at radius 1 is 1.21 bits per heavy atom. The number of alkyl halides is 5. The molecule has 0 bridgehead atoms. The number of nitrogens with one attached hydrogen (secondary N) is 1. The minimum atomic E-state index is -5.85. The van der Waals surface area contributed by atoms with Gasteiger partial charge in [0.05, 0.1) is 11.3 Å². The number of hydrogen-bond donors (Lipinski definition) is 3. The van der Waals surface area contributed by atoms with Crippen molar-refractivity contribution in [1.29, 1.82) is 0 Å². The second-order valence-electron chi connectivity index (χ2n) is 7.58. The highest BCUT2D eigenvalue weighted by atomic mass is 79.9. The zero-order valence-electron chi connectivity index (χ0n) is 16.5. The molecule has 33 heavy (non-hydrogen) atoms. The van der Waals surface area contributed by atoms with Crippen molar-refractivity contribution >= 4 is 44.9 Å². The van der Waals surface area contributed by atoms with Gasteiger partial charge in [0.2, 0.25) is 0 Å². The predicted molar refractivity (Wildman–Crippen MR) is 114 cm³/mol. The zero-order chi connectivity index (χ0) is 24.2. The molecule has 1 aliphatic rings.